The molecule has 0 unspecified atom stereocenters. The van der Waals surface area contributed by atoms with E-state index >= 15 is 0 Å². The van der Waals surface area contributed by atoms with E-state index in [0.717, 1.165) is 22.6 Å². The SMILES string of the molecule is CC(C)Nc1ccc(-c2c(C(C)C)nn3ccccc23)cn1. The number of hydrogen-bond acceptors (Lipinski definition) is 3. The van der Waals surface area contributed by atoms with E-state index in [1.165, 1.54) is 5.56 Å². The number of nitrogens with one attached hydrogen (secondary N) is 1. The van der Waals surface area contributed by atoms with Crippen molar-refractivity contribution in [3.63, 3.8) is 0 Å². The highest BCUT2D eigenvalue weighted by Gasteiger charge is 2.17. The van der Waals surface area contributed by atoms with E-state index in [4.69, 9.17) is 5.10 Å². The zero-order chi connectivity index (χ0) is 15.7. The zero-order valence-electron chi connectivity index (χ0n) is 13.5. The highest BCUT2D eigenvalue weighted by Crippen LogP contribution is 2.32. The second-order valence-corrected chi connectivity index (χ2v) is 6.18. The molecule has 0 spiro atoms. The minimum absolute atomic E-state index is 0.364. The number of nitrogens with zero attached hydrogens (tertiary/aromatic N) is 3. The number of rotatable bonds is 4. The van der Waals surface area contributed by atoms with Crippen molar-refractivity contribution in [2.24, 2.45) is 0 Å². The van der Waals surface area contributed by atoms with Crippen molar-refractivity contribution in [2.75, 3.05) is 5.32 Å². The fourth-order valence-electron chi connectivity index (χ4n) is 2.64. The predicted molar refractivity (Wildman–Crippen MR) is 91.3 cm³/mol. The van der Waals surface area contributed by atoms with E-state index < -0.39 is 0 Å². The third-order valence-electron chi connectivity index (χ3n) is 3.60. The number of hydrogen-bond donors (Lipinski definition) is 1. The topological polar surface area (TPSA) is 42.2 Å². The van der Waals surface area contributed by atoms with Crippen molar-refractivity contribution in [1.82, 2.24) is 14.6 Å². The van der Waals surface area contributed by atoms with Crippen LogP contribution in [-0.2, 0) is 0 Å². The van der Waals surface area contributed by atoms with Gasteiger partial charge < -0.3 is 5.32 Å². The van der Waals surface area contributed by atoms with Crippen LogP contribution in [0.2, 0.25) is 0 Å². The first-order chi connectivity index (χ1) is 10.6. The van der Waals surface area contributed by atoms with Gasteiger partial charge in [-0.2, -0.15) is 5.10 Å². The molecule has 0 saturated heterocycles. The van der Waals surface area contributed by atoms with Gasteiger partial charge in [-0.15, -0.1) is 0 Å². The second kappa shape index (κ2) is 5.79. The van der Waals surface area contributed by atoms with Crippen molar-refractivity contribution in [3.05, 3.63) is 48.4 Å². The normalized spacial score (nSPS) is 11.5. The molecule has 1 N–H and O–H groups in total. The van der Waals surface area contributed by atoms with Gasteiger partial charge in [0.15, 0.2) is 0 Å². The van der Waals surface area contributed by atoms with Gasteiger partial charge in [0.2, 0.25) is 0 Å². The molecular weight excluding hydrogens is 272 g/mol. The van der Waals surface area contributed by atoms with E-state index in [9.17, 15) is 0 Å². The Hall–Kier alpha value is -2.36. The molecule has 4 nitrogen and oxygen atoms in total. The van der Waals surface area contributed by atoms with Crippen LogP contribution < -0.4 is 5.32 Å². The average Bonchev–Trinajstić information content (AvgIpc) is 2.87. The van der Waals surface area contributed by atoms with Crippen LogP contribution in [0.1, 0.15) is 39.3 Å². The lowest BCUT2D eigenvalue weighted by Crippen LogP contribution is -2.10. The predicted octanol–water partition coefficient (Wildman–Crippen LogP) is 4.34. The molecule has 0 bridgehead atoms. The van der Waals surface area contributed by atoms with Gasteiger partial charge in [0.25, 0.3) is 0 Å². The molecule has 3 rings (SSSR count). The van der Waals surface area contributed by atoms with Gasteiger partial charge in [-0.1, -0.05) is 19.9 Å². The molecule has 0 atom stereocenters. The summed E-state index contributed by atoms with van der Waals surface area (Å²) in [5, 5.41) is 8.05. The summed E-state index contributed by atoms with van der Waals surface area (Å²) in [7, 11) is 0. The van der Waals surface area contributed by atoms with Gasteiger partial charge in [0.1, 0.15) is 5.82 Å². The molecule has 3 aromatic heterocycles. The fourth-order valence-corrected chi connectivity index (χ4v) is 2.64. The quantitative estimate of drug-likeness (QED) is 0.778. The Balaban J connectivity index is 2.10. The molecule has 114 valence electrons. The highest BCUT2D eigenvalue weighted by molar-refractivity contribution is 5.82. The number of anilines is 1. The van der Waals surface area contributed by atoms with E-state index in [-0.39, 0.29) is 0 Å². The van der Waals surface area contributed by atoms with Crippen LogP contribution >= 0.6 is 0 Å². The standard InChI is InChI=1S/C18H22N4/c1-12(2)18-17(15-7-5-6-10-22(15)21-18)14-8-9-16(19-11-14)20-13(3)4/h5-13H,1-4H3,(H,19,20). The number of aromatic nitrogens is 3. The van der Waals surface area contributed by atoms with Crippen molar-refractivity contribution < 1.29 is 0 Å². The highest BCUT2D eigenvalue weighted by atomic mass is 15.2. The van der Waals surface area contributed by atoms with Crippen LogP contribution in [0.4, 0.5) is 5.82 Å². The molecule has 0 aromatic carbocycles. The van der Waals surface area contributed by atoms with Gasteiger partial charge in [-0.25, -0.2) is 9.50 Å². The van der Waals surface area contributed by atoms with Gasteiger partial charge >= 0.3 is 0 Å². The molecule has 0 aliphatic rings. The van der Waals surface area contributed by atoms with Gasteiger partial charge in [0.05, 0.1) is 11.2 Å². The Labute approximate surface area is 131 Å². The van der Waals surface area contributed by atoms with Crippen molar-refractivity contribution in [1.29, 1.82) is 0 Å². The summed E-state index contributed by atoms with van der Waals surface area (Å²) in [5.41, 5.74) is 4.52. The second-order valence-electron chi connectivity index (χ2n) is 6.18. The summed E-state index contributed by atoms with van der Waals surface area (Å²) in [6.45, 7) is 8.57. The zero-order valence-corrected chi connectivity index (χ0v) is 13.5. The molecule has 3 aromatic rings. The van der Waals surface area contributed by atoms with Crippen LogP contribution in [0.5, 0.6) is 0 Å². The Kier molecular flexibility index (Phi) is 3.84. The summed E-state index contributed by atoms with van der Waals surface area (Å²) < 4.78 is 1.95. The first-order valence-electron chi connectivity index (χ1n) is 7.76. The van der Waals surface area contributed by atoms with Crippen LogP contribution in [0.25, 0.3) is 16.6 Å². The Morgan fingerprint density at radius 2 is 1.86 bits per heavy atom. The molecule has 0 saturated carbocycles. The molecule has 0 fully saturated rings. The van der Waals surface area contributed by atoms with Gasteiger partial charge in [-0.05, 0) is 44.0 Å². The molecule has 0 aliphatic heterocycles. The summed E-state index contributed by atoms with van der Waals surface area (Å²) in [5.74, 6) is 1.27. The molecule has 0 aliphatic carbocycles. The Morgan fingerprint density at radius 3 is 2.50 bits per heavy atom. The summed E-state index contributed by atoms with van der Waals surface area (Å²) in [6.07, 6.45) is 3.92. The van der Waals surface area contributed by atoms with E-state index in [1.807, 2.05) is 35.1 Å². The van der Waals surface area contributed by atoms with Gasteiger partial charge in [-0.3, -0.25) is 0 Å². The van der Waals surface area contributed by atoms with E-state index in [0.29, 0.717) is 12.0 Å². The maximum Gasteiger partial charge on any atom is 0.126 e. The summed E-state index contributed by atoms with van der Waals surface area (Å²) in [6, 6.07) is 10.7. The molecule has 22 heavy (non-hydrogen) atoms. The summed E-state index contributed by atoms with van der Waals surface area (Å²) >= 11 is 0. The van der Waals surface area contributed by atoms with Crippen molar-refractivity contribution in [2.45, 2.75) is 39.7 Å². The maximum absolute atomic E-state index is 4.73. The monoisotopic (exact) mass is 294 g/mol. The smallest absolute Gasteiger partial charge is 0.126 e. The van der Waals surface area contributed by atoms with E-state index in [2.05, 4.69) is 50.1 Å². The molecule has 3 heterocycles. The maximum atomic E-state index is 4.73. The van der Waals surface area contributed by atoms with Gasteiger partial charge in [0, 0.05) is 29.6 Å². The van der Waals surface area contributed by atoms with Crippen LogP contribution in [-0.4, -0.2) is 20.6 Å². The van der Waals surface area contributed by atoms with Crippen molar-refractivity contribution >= 4 is 11.3 Å². The molecule has 0 radical (unpaired) electrons. The van der Waals surface area contributed by atoms with Crippen molar-refractivity contribution in [3.8, 4) is 11.1 Å². The third-order valence-corrected chi connectivity index (χ3v) is 3.60. The van der Waals surface area contributed by atoms with Crippen LogP contribution in [0.3, 0.4) is 0 Å². The average molecular weight is 294 g/mol. The number of fused-ring (bicyclic) bond motifs is 1. The molecule has 0 amide bonds. The van der Waals surface area contributed by atoms with E-state index in [1.54, 1.807) is 0 Å². The lowest BCUT2D eigenvalue weighted by atomic mass is 9.99. The van der Waals surface area contributed by atoms with Crippen LogP contribution in [0, 0.1) is 0 Å². The minimum atomic E-state index is 0.364. The Bertz CT molecular complexity index is 769. The fraction of sp³-hybridized carbons (Fsp3) is 0.333. The lowest BCUT2D eigenvalue weighted by molar-refractivity contribution is 0.789. The Morgan fingerprint density at radius 1 is 1.05 bits per heavy atom. The molecule has 4 heteroatoms. The summed E-state index contributed by atoms with van der Waals surface area (Å²) in [4.78, 5) is 4.53. The first-order valence-corrected chi connectivity index (χ1v) is 7.76. The van der Waals surface area contributed by atoms with Crippen LogP contribution in [0.15, 0.2) is 42.7 Å². The minimum Gasteiger partial charge on any atom is -0.368 e. The molecular formula is C18H22N4. The third kappa shape index (κ3) is 2.69. The largest absolute Gasteiger partial charge is 0.368 e. The number of pyridine rings is 2. The first kappa shape index (κ1) is 14.6. The lowest BCUT2D eigenvalue weighted by Gasteiger charge is -2.10.